The van der Waals surface area contributed by atoms with E-state index >= 15 is 0 Å². The number of carbonyl (C=O) groups excluding carboxylic acids is 2. The first-order valence-corrected chi connectivity index (χ1v) is 14.2. The number of sulfone groups is 1. The number of aryl methyl sites for hydroxylation is 1. The predicted molar refractivity (Wildman–Crippen MR) is 140 cm³/mol. The molecule has 42 heavy (non-hydrogen) atoms. The first-order chi connectivity index (χ1) is 19.6. The van der Waals surface area contributed by atoms with Crippen LogP contribution in [0.25, 0.3) is 16.7 Å². The number of ether oxygens (including phenoxy) is 1. The van der Waals surface area contributed by atoms with Gasteiger partial charge in [0.2, 0.25) is 11.8 Å². The number of nitrogens with one attached hydrogen (secondary N) is 2. The summed E-state index contributed by atoms with van der Waals surface area (Å²) < 4.78 is 98.6. The van der Waals surface area contributed by atoms with Crippen LogP contribution in [0.4, 0.5) is 22.0 Å². The molecule has 0 spiro atoms. The molecule has 0 fully saturated rings. The zero-order chi connectivity index (χ0) is 30.9. The van der Waals surface area contributed by atoms with Crippen molar-refractivity contribution in [3.63, 3.8) is 0 Å². The highest BCUT2D eigenvalue weighted by molar-refractivity contribution is 7.91. The molecule has 3 heterocycles. The second kappa shape index (κ2) is 11.5. The molecule has 10 nitrogen and oxygen atoms in total. The van der Waals surface area contributed by atoms with Crippen molar-refractivity contribution in [1.82, 2.24) is 25.4 Å². The number of alkyl halides is 5. The van der Waals surface area contributed by atoms with Crippen LogP contribution in [0, 0.1) is 0 Å². The van der Waals surface area contributed by atoms with E-state index in [9.17, 15) is 40.0 Å². The summed E-state index contributed by atoms with van der Waals surface area (Å²) in [6.45, 7) is -3.80. The Morgan fingerprint density at radius 3 is 2.36 bits per heavy atom. The Hall–Kier alpha value is -4.34. The van der Waals surface area contributed by atoms with Crippen LogP contribution in [-0.2, 0) is 32.0 Å². The van der Waals surface area contributed by atoms with Crippen LogP contribution < -0.4 is 15.4 Å². The number of aromatic nitrogens is 3. The van der Waals surface area contributed by atoms with Gasteiger partial charge in [0.15, 0.2) is 15.4 Å². The average Bonchev–Trinajstić information content (AvgIpc) is 3.32. The molecule has 2 N–H and O–H groups in total. The summed E-state index contributed by atoms with van der Waals surface area (Å²) in [5, 5.41) is 8.33. The van der Waals surface area contributed by atoms with Gasteiger partial charge < -0.3 is 15.4 Å². The number of rotatable bonds is 9. The van der Waals surface area contributed by atoms with Gasteiger partial charge >= 0.3 is 12.8 Å². The monoisotopic (exact) mass is 613 g/mol. The van der Waals surface area contributed by atoms with Gasteiger partial charge in [-0.1, -0.05) is 24.3 Å². The molecule has 0 bridgehead atoms. The van der Waals surface area contributed by atoms with Crippen molar-refractivity contribution in [2.75, 3.05) is 18.6 Å². The summed E-state index contributed by atoms with van der Waals surface area (Å²) in [6, 6.07) is 7.50. The second-order valence-electron chi connectivity index (χ2n) is 9.58. The number of nitrogens with zero attached hydrogens (tertiary/aromatic N) is 3. The molecule has 1 atom stereocenters. The van der Waals surface area contributed by atoms with Crippen LogP contribution in [0.5, 0.6) is 5.75 Å². The summed E-state index contributed by atoms with van der Waals surface area (Å²) in [4.78, 5) is 29.4. The highest BCUT2D eigenvalue weighted by atomic mass is 32.2. The third-order valence-electron chi connectivity index (χ3n) is 6.43. The molecule has 3 aromatic rings. The van der Waals surface area contributed by atoms with E-state index in [0.717, 1.165) is 24.6 Å². The molecule has 1 aliphatic heterocycles. The zero-order valence-corrected chi connectivity index (χ0v) is 22.9. The van der Waals surface area contributed by atoms with Gasteiger partial charge in [0.1, 0.15) is 11.5 Å². The molecule has 0 saturated carbocycles. The number of carbonyl (C=O) groups is 2. The molecule has 4 rings (SSSR count). The Kier molecular flexibility index (Phi) is 8.39. The highest BCUT2D eigenvalue weighted by Crippen LogP contribution is 2.48. The van der Waals surface area contributed by atoms with Crippen LogP contribution >= 0.6 is 0 Å². The molecule has 0 saturated heterocycles. The minimum Gasteiger partial charge on any atom is -0.433 e. The molecule has 0 aliphatic carbocycles. The number of hydrogen-bond acceptors (Lipinski definition) is 7. The molecule has 2 aromatic heterocycles. The highest BCUT2D eigenvalue weighted by Gasteiger charge is 2.59. The molecule has 1 aliphatic rings. The van der Waals surface area contributed by atoms with Gasteiger partial charge in [-0.15, -0.1) is 0 Å². The number of halogens is 5. The normalized spacial score (nSPS) is 17.8. The lowest BCUT2D eigenvalue weighted by atomic mass is 9.77. The minimum absolute atomic E-state index is 0.167. The maximum absolute atomic E-state index is 14.9. The van der Waals surface area contributed by atoms with E-state index in [1.165, 1.54) is 35.1 Å². The average molecular weight is 614 g/mol. The Balaban J connectivity index is 1.78. The summed E-state index contributed by atoms with van der Waals surface area (Å²) in [7, 11) is -2.05. The van der Waals surface area contributed by atoms with Gasteiger partial charge in [0.25, 0.3) is 0 Å². The van der Waals surface area contributed by atoms with Crippen LogP contribution in [-0.4, -0.2) is 66.3 Å². The molecular formula is C26H24F5N5O5S. The van der Waals surface area contributed by atoms with Crippen molar-refractivity contribution in [2.24, 2.45) is 7.05 Å². The first kappa shape index (κ1) is 30.6. The van der Waals surface area contributed by atoms with Gasteiger partial charge in [-0.05, 0) is 28.8 Å². The van der Waals surface area contributed by atoms with Gasteiger partial charge in [0.05, 0.1) is 18.1 Å². The summed E-state index contributed by atoms with van der Waals surface area (Å²) >= 11 is 0. The topological polar surface area (TPSA) is 132 Å². The predicted octanol–water partition coefficient (Wildman–Crippen LogP) is 2.98. The van der Waals surface area contributed by atoms with E-state index in [0.29, 0.717) is 11.1 Å². The third kappa shape index (κ3) is 6.75. The van der Waals surface area contributed by atoms with Gasteiger partial charge in [0, 0.05) is 43.6 Å². The summed E-state index contributed by atoms with van der Waals surface area (Å²) in [5.41, 5.74) is -2.74. The summed E-state index contributed by atoms with van der Waals surface area (Å²) in [5.74, 6) is -3.46. The molecule has 224 valence electrons. The molecule has 2 amide bonds. The van der Waals surface area contributed by atoms with Crippen LogP contribution in [0.3, 0.4) is 0 Å². The molecule has 0 unspecified atom stereocenters. The molecule has 1 aromatic carbocycles. The molecule has 0 radical (unpaired) electrons. The standard InChI is InChI=1S/C26H24F5N5O5S/c1-36-13-16(10-34-36)15-3-5-17(6-4-15)25(26(29,30)31)9-19(21-8-7-18(11-32-21)41-24(27)28)20(23(38)35-25)12-33-22(37)14-42(2,39)40/h3-8,10-11,13,24H,9,12,14H2,1-2H3,(H,33,37)(H,35,38)/t25-/m0/s1. The first-order valence-electron chi connectivity index (χ1n) is 12.1. The quantitative estimate of drug-likeness (QED) is 0.355. The van der Waals surface area contributed by atoms with Crippen molar-refractivity contribution in [3.8, 4) is 16.9 Å². The van der Waals surface area contributed by atoms with Crippen LogP contribution in [0.1, 0.15) is 17.7 Å². The zero-order valence-electron chi connectivity index (χ0n) is 22.1. The SMILES string of the molecule is Cn1cc(-c2ccc([C@]3(C(F)(F)F)CC(c4ccc(OC(F)F)cn4)=C(CNC(=O)CS(C)(=O)=O)C(=O)N3)cc2)cn1. The molecule has 16 heteroatoms. The Bertz CT molecular complexity index is 1620. The lowest BCUT2D eigenvalue weighted by Gasteiger charge is -2.41. The fourth-order valence-corrected chi connectivity index (χ4v) is 5.07. The van der Waals surface area contributed by atoms with E-state index in [4.69, 9.17) is 0 Å². The largest absolute Gasteiger partial charge is 0.433 e. The number of amides is 2. The third-order valence-corrected chi connectivity index (χ3v) is 7.22. The van der Waals surface area contributed by atoms with Crippen molar-refractivity contribution in [2.45, 2.75) is 24.7 Å². The van der Waals surface area contributed by atoms with Crippen molar-refractivity contribution in [3.05, 3.63) is 71.8 Å². The second-order valence-corrected chi connectivity index (χ2v) is 11.7. The Morgan fingerprint density at radius 1 is 1.14 bits per heavy atom. The Labute approximate surface area is 236 Å². The smallest absolute Gasteiger partial charge is 0.416 e. The lowest BCUT2D eigenvalue weighted by Crippen LogP contribution is -2.59. The lowest BCUT2D eigenvalue weighted by molar-refractivity contribution is -0.201. The van der Waals surface area contributed by atoms with E-state index in [-0.39, 0.29) is 28.2 Å². The van der Waals surface area contributed by atoms with E-state index in [2.05, 4.69) is 20.1 Å². The van der Waals surface area contributed by atoms with Crippen molar-refractivity contribution >= 4 is 27.2 Å². The maximum atomic E-state index is 14.9. The Morgan fingerprint density at radius 2 is 1.83 bits per heavy atom. The summed E-state index contributed by atoms with van der Waals surface area (Å²) in [6.07, 6.45) is -1.03. The fourth-order valence-electron chi connectivity index (χ4n) is 4.49. The van der Waals surface area contributed by atoms with Crippen LogP contribution in [0.2, 0.25) is 0 Å². The minimum atomic E-state index is -5.03. The maximum Gasteiger partial charge on any atom is 0.416 e. The molecular weight excluding hydrogens is 589 g/mol. The number of pyridine rings is 1. The van der Waals surface area contributed by atoms with E-state index in [1.807, 2.05) is 5.32 Å². The van der Waals surface area contributed by atoms with E-state index < -0.39 is 58.7 Å². The van der Waals surface area contributed by atoms with Gasteiger partial charge in [-0.25, -0.2) is 8.42 Å². The van der Waals surface area contributed by atoms with Gasteiger partial charge in [-0.3, -0.25) is 19.3 Å². The van der Waals surface area contributed by atoms with Crippen LogP contribution in [0.15, 0.2) is 60.6 Å². The fraction of sp³-hybridized carbons (Fsp3) is 0.308. The van der Waals surface area contributed by atoms with E-state index in [1.54, 1.807) is 13.2 Å². The van der Waals surface area contributed by atoms with Crippen molar-refractivity contribution in [1.29, 1.82) is 0 Å². The number of benzene rings is 1. The van der Waals surface area contributed by atoms with Gasteiger partial charge in [-0.2, -0.15) is 27.1 Å². The number of hydrogen-bond donors (Lipinski definition) is 2. The van der Waals surface area contributed by atoms with Crippen molar-refractivity contribution < 1.29 is 44.7 Å².